The molecule has 0 N–H and O–H groups in total. The Labute approximate surface area is 134 Å². The van der Waals surface area contributed by atoms with E-state index in [1.807, 2.05) is 13.1 Å². The van der Waals surface area contributed by atoms with Crippen molar-refractivity contribution >= 4 is 5.91 Å². The van der Waals surface area contributed by atoms with Gasteiger partial charge in [0.05, 0.1) is 5.69 Å². The number of likely N-dealkylation sites (tertiary alicyclic amines) is 1. The van der Waals surface area contributed by atoms with Crippen molar-refractivity contribution in [2.75, 3.05) is 6.54 Å². The summed E-state index contributed by atoms with van der Waals surface area (Å²) in [7, 11) is 1.88. The number of carbonyl (C=O) groups excluding carboxylic acids is 1. The normalized spacial score (nSPS) is 19.8. The third-order valence-electron chi connectivity index (χ3n) is 4.59. The van der Waals surface area contributed by atoms with Gasteiger partial charge in [-0.15, -0.1) is 0 Å². The second-order valence-electron chi connectivity index (χ2n) is 7.36. The molecule has 4 nitrogen and oxygen atoms in total. The lowest BCUT2D eigenvalue weighted by atomic mass is 9.98. The van der Waals surface area contributed by atoms with Crippen molar-refractivity contribution in [2.24, 2.45) is 13.0 Å². The van der Waals surface area contributed by atoms with Crippen molar-refractivity contribution in [1.29, 1.82) is 0 Å². The molecule has 0 aliphatic carbocycles. The van der Waals surface area contributed by atoms with Gasteiger partial charge in [-0.25, -0.2) is 0 Å². The Hall–Kier alpha value is -1.32. The van der Waals surface area contributed by atoms with Crippen LogP contribution in [0.3, 0.4) is 0 Å². The SMILES string of the molecule is CC(C)CC1CCCCCN1C(=O)c1cc(C(C)C)nn1C. The van der Waals surface area contributed by atoms with Gasteiger partial charge in [0.25, 0.3) is 5.91 Å². The molecule has 2 heterocycles. The minimum atomic E-state index is 0.162. The van der Waals surface area contributed by atoms with Crippen molar-refractivity contribution in [2.45, 2.75) is 71.8 Å². The van der Waals surface area contributed by atoms with Gasteiger partial charge in [-0.05, 0) is 37.2 Å². The van der Waals surface area contributed by atoms with E-state index in [2.05, 4.69) is 37.7 Å². The zero-order chi connectivity index (χ0) is 16.3. The zero-order valence-electron chi connectivity index (χ0n) is 14.8. The maximum Gasteiger partial charge on any atom is 0.272 e. The van der Waals surface area contributed by atoms with Crippen molar-refractivity contribution < 1.29 is 4.79 Å². The lowest BCUT2D eigenvalue weighted by Crippen LogP contribution is -2.41. The molecule has 0 radical (unpaired) electrons. The van der Waals surface area contributed by atoms with E-state index in [4.69, 9.17) is 0 Å². The number of aryl methyl sites for hydroxylation is 1. The van der Waals surface area contributed by atoms with Crippen LogP contribution in [0.2, 0.25) is 0 Å². The van der Waals surface area contributed by atoms with Gasteiger partial charge in [-0.1, -0.05) is 40.5 Å². The van der Waals surface area contributed by atoms with E-state index in [-0.39, 0.29) is 5.91 Å². The van der Waals surface area contributed by atoms with E-state index in [0.717, 1.165) is 37.2 Å². The number of rotatable bonds is 4. The Morgan fingerprint density at radius 1 is 1.27 bits per heavy atom. The van der Waals surface area contributed by atoms with Gasteiger partial charge < -0.3 is 4.90 Å². The summed E-state index contributed by atoms with van der Waals surface area (Å²) < 4.78 is 1.76. The summed E-state index contributed by atoms with van der Waals surface area (Å²) in [5.74, 6) is 1.13. The van der Waals surface area contributed by atoms with Gasteiger partial charge in [0, 0.05) is 19.6 Å². The molecule has 2 rings (SSSR count). The minimum Gasteiger partial charge on any atom is -0.334 e. The van der Waals surface area contributed by atoms with E-state index in [0.29, 0.717) is 17.9 Å². The fourth-order valence-corrected chi connectivity index (χ4v) is 3.35. The summed E-state index contributed by atoms with van der Waals surface area (Å²) in [6, 6.07) is 2.36. The highest BCUT2D eigenvalue weighted by atomic mass is 16.2. The average Bonchev–Trinajstić information content (AvgIpc) is 2.68. The van der Waals surface area contributed by atoms with Crippen molar-refractivity contribution in [1.82, 2.24) is 14.7 Å². The Kier molecular flexibility index (Phi) is 5.65. The maximum absolute atomic E-state index is 13.1. The molecule has 1 aliphatic rings. The molecule has 1 saturated heterocycles. The summed E-state index contributed by atoms with van der Waals surface area (Å²) >= 11 is 0. The smallest absolute Gasteiger partial charge is 0.272 e. The largest absolute Gasteiger partial charge is 0.334 e. The van der Waals surface area contributed by atoms with Crippen LogP contribution >= 0.6 is 0 Å². The molecule has 1 unspecified atom stereocenters. The maximum atomic E-state index is 13.1. The standard InChI is InChI=1S/C18H31N3O/c1-13(2)11-15-9-7-6-8-10-21(15)18(22)17-12-16(14(3)4)19-20(17)5/h12-15H,6-11H2,1-5H3. The molecule has 0 aromatic carbocycles. The highest BCUT2D eigenvalue weighted by Crippen LogP contribution is 2.25. The highest BCUT2D eigenvalue weighted by molar-refractivity contribution is 5.93. The monoisotopic (exact) mass is 305 g/mol. The van der Waals surface area contributed by atoms with Crippen LogP contribution in [0.25, 0.3) is 0 Å². The fraction of sp³-hybridized carbons (Fsp3) is 0.778. The molecular weight excluding hydrogens is 274 g/mol. The molecule has 1 fully saturated rings. The van der Waals surface area contributed by atoms with Crippen molar-refractivity contribution in [3.8, 4) is 0 Å². The summed E-state index contributed by atoms with van der Waals surface area (Å²) in [5.41, 5.74) is 1.74. The van der Waals surface area contributed by atoms with E-state index in [1.54, 1.807) is 4.68 Å². The lowest BCUT2D eigenvalue weighted by Gasteiger charge is -2.31. The molecule has 1 aliphatic heterocycles. The predicted octanol–water partition coefficient (Wildman–Crippen LogP) is 3.97. The molecule has 4 heteroatoms. The topological polar surface area (TPSA) is 38.1 Å². The van der Waals surface area contributed by atoms with Gasteiger partial charge in [-0.3, -0.25) is 9.48 Å². The number of nitrogens with zero attached hydrogens (tertiary/aromatic N) is 3. The second kappa shape index (κ2) is 7.30. The van der Waals surface area contributed by atoms with Crippen LogP contribution in [0.15, 0.2) is 6.07 Å². The molecule has 0 saturated carbocycles. The molecule has 0 spiro atoms. The number of hydrogen-bond donors (Lipinski definition) is 0. The van der Waals surface area contributed by atoms with Gasteiger partial charge in [0.15, 0.2) is 0 Å². The van der Waals surface area contributed by atoms with Gasteiger partial charge in [0.1, 0.15) is 5.69 Å². The molecule has 1 aromatic heterocycles. The first-order valence-corrected chi connectivity index (χ1v) is 8.75. The van der Waals surface area contributed by atoms with Gasteiger partial charge >= 0.3 is 0 Å². The summed E-state index contributed by atoms with van der Waals surface area (Å²) in [4.78, 5) is 15.2. The summed E-state index contributed by atoms with van der Waals surface area (Å²) in [6.07, 6.45) is 5.83. The van der Waals surface area contributed by atoms with Gasteiger partial charge in [0.2, 0.25) is 0 Å². The first kappa shape index (κ1) is 17.0. The lowest BCUT2D eigenvalue weighted by molar-refractivity contribution is 0.0650. The molecule has 1 amide bonds. The number of aromatic nitrogens is 2. The van der Waals surface area contributed by atoms with Crippen LogP contribution in [0.5, 0.6) is 0 Å². The number of carbonyl (C=O) groups is 1. The van der Waals surface area contributed by atoms with Gasteiger partial charge in [-0.2, -0.15) is 5.10 Å². The van der Waals surface area contributed by atoms with E-state index >= 15 is 0 Å². The highest BCUT2D eigenvalue weighted by Gasteiger charge is 2.28. The molecule has 1 atom stereocenters. The average molecular weight is 305 g/mol. The van der Waals surface area contributed by atoms with Crippen LogP contribution in [-0.4, -0.2) is 33.2 Å². The predicted molar refractivity (Wildman–Crippen MR) is 90.0 cm³/mol. The summed E-state index contributed by atoms with van der Waals surface area (Å²) in [6.45, 7) is 9.61. The molecule has 124 valence electrons. The van der Waals surface area contributed by atoms with E-state index < -0.39 is 0 Å². The Morgan fingerprint density at radius 3 is 2.59 bits per heavy atom. The quantitative estimate of drug-likeness (QED) is 0.844. The van der Waals surface area contributed by atoms with Crippen LogP contribution in [0.1, 0.15) is 81.9 Å². The van der Waals surface area contributed by atoms with Crippen LogP contribution in [-0.2, 0) is 7.05 Å². The molecular formula is C18H31N3O. The van der Waals surface area contributed by atoms with Crippen LogP contribution < -0.4 is 0 Å². The third-order valence-corrected chi connectivity index (χ3v) is 4.59. The van der Waals surface area contributed by atoms with E-state index in [1.165, 1.54) is 12.8 Å². The Bertz CT molecular complexity index is 504. The Morgan fingerprint density at radius 2 is 2.00 bits per heavy atom. The molecule has 1 aromatic rings. The Balaban J connectivity index is 2.24. The fourth-order valence-electron chi connectivity index (χ4n) is 3.35. The number of amides is 1. The van der Waals surface area contributed by atoms with Crippen molar-refractivity contribution in [3.05, 3.63) is 17.5 Å². The number of hydrogen-bond acceptors (Lipinski definition) is 2. The zero-order valence-corrected chi connectivity index (χ0v) is 14.8. The van der Waals surface area contributed by atoms with Crippen molar-refractivity contribution in [3.63, 3.8) is 0 Å². The summed E-state index contributed by atoms with van der Waals surface area (Å²) in [5, 5.41) is 4.50. The first-order chi connectivity index (χ1) is 10.4. The molecule has 0 bridgehead atoms. The third kappa shape index (κ3) is 3.90. The van der Waals surface area contributed by atoms with Crippen LogP contribution in [0, 0.1) is 5.92 Å². The molecule has 22 heavy (non-hydrogen) atoms. The second-order valence-corrected chi connectivity index (χ2v) is 7.36. The first-order valence-electron chi connectivity index (χ1n) is 8.75. The minimum absolute atomic E-state index is 0.162. The van der Waals surface area contributed by atoms with Crippen LogP contribution in [0.4, 0.5) is 0 Å². The van der Waals surface area contributed by atoms with E-state index in [9.17, 15) is 4.79 Å².